The van der Waals surface area contributed by atoms with Crippen LogP contribution in [0.4, 0.5) is 0 Å². The van der Waals surface area contributed by atoms with E-state index in [-0.39, 0.29) is 10.8 Å². The Morgan fingerprint density at radius 2 is 1.81 bits per heavy atom. The van der Waals surface area contributed by atoms with Gasteiger partial charge in [-0.3, -0.25) is 0 Å². The van der Waals surface area contributed by atoms with Crippen molar-refractivity contribution in [2.45, 2.75) is 64.5 Å². The average Bonchev–Trinajstić information content (AvgIpc) is 2.63. The number of allylic oxidation sites excluding steroid dienone is 2. The monoisotopic (exact) mass is 399 g/mol. The molecule has 0 bridgehead atoms. The maximum atomic E-state index is 13.0. The lowest BCUT2D eigenvalue weighted by Gasteiger charge is -2.41. The van der Waals surface area contributed by atoms with Crippen LogP contribution in [0.25, 0.3) is 0 Å². The third-order valence-corrected chi connectivity index (χ3v) is 6.79. The second-order valence-electron chi connectivity index (χ2n) is 6.65. The number of halogens is 1. The molecule has 0 radical (unpaired) electrons. The van der Waals surface area contributed by atoms with Crippen molar-refractivity contribution in [3.05, 3.63) is 52.6 Å². The van der Waals surface area contributed by atoms with E-state index in [0.717, 1.165) is 0 Å². The molecule has 26 heavy (non-hydrogen) atoms. The Morgan fingerprint density at radius 3 is 2.23 bits per heavy atom. The van der Waals surface area contributed by atoms with Gasteiger partial charge in [0.15, 0.2) is 0 Å². The third kappa shape index (κ3) is 4.77. The molecule has 0 amide bonds. The van der Waals surface area contributed by atoms with Gasteiger partial charge in [-0.2, -0.15) is 0 Å². The normalized spacial score (nSPS) is 18.3. The van der Waals surface area contributed by atoms with Crippen LogP contribution in [0.5, 0.6) is 0 Å². The third-order valence-electron chi connectivity index (χ3n) is 5.12. The number of benzene rings is 1. The zero-order valence-electron chi connectivity index (χ0n) is 16.4. The lowest BCUT2D eigenvalue weighted by Crippen LogP contribution is -2.57. The quantitative estimate of drug-likeness (QED) is 0.623. The standard InChI is InChI=1S/C20H30ClNO3S/c1-7-14(4)19(20(23,15(5)8-2)16(6)9-3)22-26(24,25)18-12-10-11-17(21)13-18/h8-14,19,22-23H,7H2,1-6H3/b15-8+,16-9+/t14-,19-/m0/s1. The van der Waals surface area contributed by atoms with Crippen molar-refractivity contribution in [2.24, 2.45) is 5.92 Å². The number of aliphatic hydroxyl groups is 1. The Kier molecular flexibility index (Phi) is 8.08. The molecule has 0 saturated heterocycles. The van der Waals surface area contributed by atoms with Gasteiger partial charge in [-0.25, -0.2) is 13.1 Å². The molecule has 2 atom stereocenters. The summed E-state index contributed by atoms with van der Waals surface area (Å²) in [4.78, 5) is 0.0805. The van der Waals surface area contributed by atoms with Gasteiger partial charge in [0.1, 0.15) is 5.60 Å². The van der Waals surface area contributed by atoms with Crippen molar-refractivity contribution in [2.75, 3.05) is 0 Å². The maximum absolute atomic E-state index is 13.0. The number of sulfonamides is 1. The molecule has 4 nitrogen and oxygen atoms in total. The van der Waals surface area contributed by atoms with E-state index in [1.807, 2.05) is 53.7 Å². The Hall–Kier alpha value is -1.14. The first-order valence-electron chi connectivity index (χ1n) is 8.81. The second kappa shape index (κ2) is 9.18. The predicted octanol–water partition coefficient (Wildman–Crippen LogP) is 4.70. The molecule has 6 heteroatoms. The minimum absolute atomic E-state index is 0.0805. The van der Waals surface area contributed by atoms with Gasteiger partial charge in [0.25, 0.3) is 0 Å². The average molecular weight is 400 g/mol. The molecule has 0 unspecified atom stereocenters. The molecule has 0 saturated carbocycles. The molecule has 1 aromatic rings. The Labute approximate surface area is 163 Å². The van der Waals surface area contributed by atoms with E-state index in [4.69, 9.17) is 11.6 Å². The summed E-state index contributed by atoms with van der Waals surface area (Å²) < 4.78 is 28.7. The molecule has 1 aromatic carbocycles. The van der Waals surface area contributed by atoms with E-state index in [1.165, 1.54) is 12.1 Å². The molecule has 0 fully saturated rings. The first-order chi connectivity index (χ1) is 12.0. The van der Waals surface area contributed by atoms with Crippen LogP contribution in [0.2, 0.25) is 5.02 Å². The predicted molar refractivity (Wildman–Crippen MR) is 109 cm³/mol. The highest BCUT2D eigenvalue weighted by Gasteiger charge is 2.44. The zero-order chi connectivity index (χ0) is 20.1. The van der Waals surface area contributed by atoms with Gasteiger partial charge >= 0.3 is 0 Å². The topological polar surface area (TPSA) is 66.4 Å². The molecule has 146 valence electrons. The van der Waals surface area contributed by atoms with E-state index < -0.39 is 21.7 Å². The minimum atomic E-state index is -3.85. The van der Waals surface area contributed by atoms with Crippen LogP contribution in [0.15, 0.2) is 52.5 Å². The summed E-state index contributed by atoms with van der Waals surface area (Å²) in [5.74, 6) is -0.0984. The van der Waals surface area contributed by atoms with Crippen LogP contribution >= 0.6 is 11.6 Å². The molecular weight excluding hydrogens is 370 g/mol. The van der Waals surface area contributed by atoms with Gasteiger partial charge in [-0.05, 0) is 63.0 Å². The molecule has 0 aliphatic heterocycles. The van der Waals surface area contributed by atoms with Crippen LogP contribution in [0.3, 0.4) is 0 Å². The van der Waals surface area contributed by atoms with Gasteiger partial charge in [-0.15, -0.1) is 0 Å². The molecule has 0 aliphatic rings. The molecule has 1 rings (SSSR count). The Balaban J connectivity index is 3.51. The molecule has 0 spiro atoms. The largest absolute Gasteiger partial charge is 0.379 e. The SMILES string of the molecule is C/C=C(\C)C(O)(/C(C)=C/C)[C@@H](NS(=O)(=O)c1cccc(Cl)c1)[C@@H](C)CC. The summed E-state index contributed by atoms with van der Waals surface area (Å²) in [6, 6.07) is 5.39. The highest BCUT2D eigenvalue weighted by atomic mass is 35.5. The fraction of sp³-hybridized carbons (Fsp3) is 0.500. The van der Waals surface area contributed by atoms with Crippen molar-refractivity contribution < 1.29 is 13.5 Å². The first kappa shape index (κ1) is 22.9. The van der Waals surface area contributed by atoms with Gasteiger partial charge in [0.05, 0.1) is 10.9 Å². The molecule has 0 aromatic heterocycles. The van der Waals surface area contributed by atoms with E-state index in [0.29, 0.717) is 22.6 Å². The molecular formula is C20H30ClNO3S. The molecule has 2 N–H and O–H groups in total. The van der Waals surface area contributed by atoms with Crippen LogP contribution in [-0.4, -0.2) is 25.2 Å². The Bertz CT molecular complexity index is 766. The number of hydrogen-bond acceptors (Lipinski definition) is 3. The van der Waals surface area contributed by atoms with E-state index in [1.54, 1.807) is 12.1 Å². The molecule has 0 heterocycles. The minimum Gasteiger partial charge on any atom is -0.379 e. The highest BCUT2D eigenvalue weighted by Crippen LogP contribution is 2.35. The van der Waals surface area contributed by atoms with Crippen molar-refractivity contribution >= 4 is 21.6 Å². The van der Waals surface area contributed by atoms with Gasteiger partial charge in [-0.1, -0.05) is 50.1 Å². The van der Waals surface area contributed by atoms with Crippen LogP contribution in [0, 0.1) is 5.92 Å². The summed E-state index contributed by atoms with van der Waals surface area (Å²) in [5, 5.41) is 11.9. The van der Waals surface area contributed by atoms with E-state index in [9.17, 15) is 13.5 Å². The van der Waals surface area contributed by atoms with Crippen molar-refractivity contribution in [3.8, 4) is 0 Å². The summed E-state index contributed by atoms with van der Waals surface area (Å²) in [5.41, 5.74) is -0.00992. The van der Waals surface area contributed by atoms with E-state index >= 15 is 0 Å². The Morgan fingerprint density at radius 1 is 1.27 bits per heavy atom. The second-order valence-corrected chi connectivity index (χ2v) is 8.80. The molecule has 0 aliphatic carbocycles. The van der Waals surface area contributed by atoms with Gasteiger partial charge < -0.3 is 5.11 Å². The van der Waals surface area contributed by atoms with Crippen LogP contribution in [0.1, 0.15) is 48.0 Å². The van der Waals surface area contributed by atoms with Crippen molar-refractivity contribution in [1.82, 2.24) is 4.72 Å². The highest BCUT2D eigenvalue weighted by molar-refractivity contribution is 7.89. The van der Waals surface area contributed by atoms with Crippen molar-refractivity contribution in [1.29, 1.82) is 0 Å². The smallest absolute Gasteiger partial charge is 0.241 e. The summed E-state index contributed by atoms with van der Waals surface area (Å²) in [6.45, 7) is 11.2. The van der Waals surface area contributed by atoms with Gasteiger partial charge in [0.2, 0.25) is 10.0 Å². The summed E-state index contributed by atoms with van der Waals surface area (Å²) in [6.07, 6.45) is 4.34. The van der Waals surface area contributed by atoms with Crippen LogP contribution < -0.4 is 4.72 Å². The van der Waals surface area contributed by atoms with E-state index in [2.05, 4.69) is 4.72 Å². The number of rotatable bonds is 8. The number of hydrogen-bond donors (Lipinski definition) is 2. The first-order valence-corrected chi connectivity index (χ1v) is 10.7. The van der Waals surface area contributed by atoms with Gasteiger partial charge in [0, 0.05) is 5.02 Å². The summed E-state index contributed by atoms with van der Waals surface area (Å²) in [7, 11) is -3.85. The maximum Gasteiger partial charge on any atom is 0.241 e. The van der Waals surface area contributed by atoms with Crippen LogP contribution in [-0.2, 0) is 10.0 Å². The summed E-state index contributed by atoms with van der Waals surface area (Å²) >= 11 is 5.95. The lowest BCUT2D eigenvalue weighted by molar-refractivity contribution is 0.0580. The fourth-order valence-electron chi connectivity index (χ4n) is 2.96. The fourth-order valence-corrected chi connectivity index (χ4v) is 4.63. The zero-order valence-corrected chi connectivity index (χ0v) is 17.9. The lowest BCUT2D eigenvalue weighted by atomic mass is 9.75. The number of nitrogens with one attached hydrogen (secondary N) is 1. The van der Waals surface area contributed by atoms with Crippen molar-refractivity contribution in [3.63, 3.8) is 0 Å².